The number of halogens is 1. The number of fused-ring (bicyclic) bond motifs is 2. The van der Waals surface area contributed by atoms with Gasteiger partial charge in [0.25, 0.3) is 0 Å². The zero-order valence-corrected chi connectivity index (χ0v) is 10.9. The first kappa shape index (κ1) is 11.0. The van der Waals surface area contributed by atoms with E-state index in [9.17, 15) is 4.39 Å². The minimum Gasteiger partial charge on any atom is -0.436 e. The summed E-state index contributed by atoms with van der Waals surface area (Å²) < 4.78 is 18.9. The highest BCUT2D eigenvalue weighted by Gasteiger charge is 2.25. The van der Waals surface area contributed by atoms with E-state index in [2.05, 4.69) is 4.98 Å². The number of hydrogen-bond acceptors (Lipinski definition) is 4. The van der Waals surface area contributed by atoms with Gasteiger partial charge in [0.1, 0.15) is 11.3 Å². The Morgan fingerprint density at radius 1 is 1.32 bits per heavy atom. The van der Waals surface area contributed by atoms with E-state index >= 15 is 0 Å². The van der Waals surface area contributed by atoms with Crippen LogP contribution in [0.2, 0.25) is 0 Å². The molecule has 1 aliphatic carbocycles. The second-order valence-corrected chi connectivity index (χ2v) is 5.86. The lowest BCUT2D eigenvalue weighted by Gasteiger charge is -1.97. The summed E-state index contributed by atoms with van der Waals surface area (Å²) in [5.74, 6) is 0.202. The highest BCUT2D eigenvalue weighted by Crippen LogP contribution is 2.43. The maximum atomic E-state index is 13.2. The number of nitrogen functional groups attached to an aromatic ring is 1. The maximum Gasteiger partial charge on any atom is 0.230 e. The van der Waals surface area contributed by atoms with Crippen LogP contribution in [0.3, 0.4) is 0 Å². The van der Waals surface area contributed by atoms with Gasteiger partial charge in [0, 0.05) is 10.9 Å². The van der Waals surface area contributed by atoms with Crippen molar-refractivity contribution in [1.82, 2.24) is 4.98 Å². The van der Waals surface area contributed by atoms with Crippen LogP contribution in [0.4, 0.5) is 9.39 Å². The third-order valence-corrected chi connectivity index (χ3v) is 4.63. The first-order valence-corrected chi connectivity index (χ1v) is 7.00. The molecule has 0 atom stereocenters. The summed E-state index contributed by atoms with van der Waals surface area (Å²) in [7, 11) is 0. The number of anilines is 1. The molecule has 4 rings (SSSR count). The Bertz CT molecular complexity index is 790. The third-order valence-electron chi connectivity index (χ3n) is 3.51. The number of nitrogens with two attached hydrogens (primary N) is 1. The first-order chi connectivity index (χ1) is 9.22. The Balaban J connectivity index is 1.95. The van der Waals surface area contributed by atoms with E-state index in [1.165, 1.54) is 22.6 Å². The van der Waals surface area contributed by atoms with Crippen molar-refractivity contribution in [3.63, 3.8) is 0 Å². The fourth-order valence-corrected chi connectivity index (χ4v) is 3.82. The van der Waals surface area contributed by atoms with Gasteiger partial charge in [-0.3, -0.25) is 0 Å². The van der Waals surface area contributed by atoms with E-state index < -0.39 is 0 Å². The average Bonchev–Trinajstić information content (AvgIpc) is 3.01. The minimum atomic E-state index is -0.309. The average molecular weight is 274 g/mol. The van der Waals surface area contributed by atoms with Gasteiger partial charge in [-0.1, -0.05) is 0 Å². The Morgan fingerprint density at radius 2 is 2.21 bits per heavy atom. The van der Waals surface area contributed by atoms with E-state index in [0.717, 1.165) is 29.8 Å². The quantitative estimate of drug-likeness (QED) is 0.735. The molecular weight excluding hydrogens is 263 g/mol. The van der Waals surface area contributed by atoms with Gasteiger partial charge in [0.2, 0.25) is 5.89 Å². The molecule has 96 valence electrons. The molecule has 0 fully saturated rings. The van der Waals surface area contributed by atoms with Crippen molar-refractivity contribution in [3.8, 4) is 11.5 Å². The van der Waals surface area contributed by atoms with Crippen molar-refractivity contribution in [1.29, 1.82) is 0 Å². The van der Waals surface area contributed by atoms with Gasteiger partial charge >= 0.3 is 0 Å². The predicted molar refractivity (Wildman–Crippen MR) is 73.7 cm³/mol. The van der Waals surface area contributed by atoms with Gasteiger partial charge in [-0.05, 0) is 37.0 Å². The lowest BCUT2D eigenvalue weighted by Crippen LogP contribution is -1.88. The van der Waals surface area contributed by atoms with E-state index in [-0.39, 0.29) is 5.82 Å². The molecule has 5 heteroatoms. The van der Waals surface area contributed by atoms with Crippen molar-refractivity contribution in [2.45, 2.75) is 19.3 Å². The molecule has 0 radical (unpaired) electrons. The minimum absolute atomic E-state index is 0.309. The number of hydrogen-bond donors (Lipinski definition) is 1. The molecule has 0 unspecified atom stereocenters. The standard InChI is InChI=1S/C14H11FN2OS/c15-7-4-5-10-9(6-7)17-14(18-10)12-8-2-1-3-11(8)19-13(12)16/h4-6H,1-3,16H2. The van der Waals surface area contributed by atoms with Crippen LogP contribution in [-0.4, -0.2) is 4.98 Å². The second kappa shape index (κ2) is 3.81. The summed E-state index contributed by atoms with van der Waals surface area (Å²) >= 11 is 1.62. The number of aryl methyl sites for hydroxylation is 1. The largest absolute Gasteiger partial charge is 0.436 e. The molecule has 0 spiro atoms. The molecule has 0 bridgehead atoms. The monoisotopic (exact) mass is 274 g/mol. The fraction of sp³-hybridized carbons (Fsp3) is 0.214. The number of rotatable bonds is 1. The predicted octanol–water partition coefficient (Wildman–Crippen LogP) is 3.77. The van der Waals surface area contributed by atoms with Gasteiger partial charge < -0.3 is 10.2 Å². The highest BCUT2D eigenvalue weighted by molar-refractivity contribution is 7.16. The van der Waals surface area contributed by atoms with Crippen LogP contribution >= 0.6 is 11.3 Å². The molecule has 1 aromatic carbocycles. The summed E-state index contributed by atoms with van der Waals surface area (Å²) in [4.78, 5) is 5.71. The zero-order chi connectivity index (χ0) is 13.0. The topological polar surface area (TPSA) is 52.0 Å². The SMILES string of the molecule is Nc1sc2c(c1-c1nc3cc(F)ccc3o1)CCC2. The van der Waals surface area contributed by atoms with Crippen molar-refractivity contribution in [2.24, 2.45) is 0 Å². The van der Waals surface area contributed by atoms with Crippen molar-refractivity contribution < 1.29 is 8.81 Å². The van der Waals surface area contributed by atoms with Crippen LogP contribution in [0, 0.1) is 5.82 Å². The lowest BCUT2D eigenvalue weighted by atomic mass is 10.1. The molecular formula is C14H11FN2OS. The molecule has 2 aromatic heterocycles. The van der Waals surface area contributed by atoms with E-state index in [4.69, 9.17) is 10.2 Å². The van der Waals surface area contributed by atoms with Crippen molar-refractivity contribution in [3.05, 3.63) is 34.5 Å². The maximum absolute atomic E-state index is 13.2. The first-order valence-electron chi connectivity index (χ1n) is 6.19. The molecule has 0 saturated carbocycles. The number of nitrogens with zero attached hydrogens (tertiary/aromatic N) is 1. The van der Waals surface area contributed by atoms with Crippen LogP contribution < -0.4 is 5.73 Å². The molecule has 3 aromatic rings. The Labute approximate surface area is 112 Å². The molecule has 1 aliphatic rings. The van der Waals surface area contributed by atoms with Gasteiger partial charge in [-0.2, -0.15) is 0 Å². The van der Waals surface area contributed by atoms with Crippen LogP contribution in [0.5, 0.6) is 0 Å². The normalized spacial score (nSPS) is 14.2. The molecule has 2 N–H and O–H groups in total. The zero-order valence-electron chi connectivity index (χ0n) is 10.1. The van der Waals surface area contributed by atoms with Gasteiger partial charge in [0.05, 0.1) is 10.6 Å². The van der Waals surface area contributed by atoms with E-state index in [0.29, 0.717) is 17.0 Å². The molecule has 2 heterocycles. The second-order valence-electron chi connectivity index (χ2n) is 4.73. The summed E-state index contributed by atoms with van der Waals surface area (Å²) in [6.45, 7) is 0. The highest BCUT2D eigenvalue weighted by atomic mass is 32.1. The molecule has 19 heavy (non-hydrogen) atoms. The summed E-state index contributed by atoms with van der Waals surface area (Å²) in [6.07, 6.45) is 3.26. The van der Waals surface area contributed by atoms with Crippen LogP contribution in [0.1, 0.15) is 16.9 Å². The van der Waals surface area contributed by atoms with E-state index in [1.54, 1.807) is 17.4 Å². The molecule has 3 nitrogen and oxygen atoms in total. The summed E-state index contributed by atoms with van der Waals surface area (Å²) in [5, 5.41) is 0.747. The lowest BCUT2D eigenvalue weighted by molar-refractivity contribution is 0.614. The molecule has 0 aliphatic heterocycles. The van der Waals surface area contributed by atoms with Crippen molar-refractivity contribution >= 4 is 27.4 Å². The number of benzene rings is 1. The fourth-order valence-electron chi connectivity index (χ4n) is 2.67. The molecule has 0 amide bonds. The van der Waals surface area contributed by atoms with Crippen LogP contribution in [0.15, 0.2) is 22.6 Å². The van der Waals surface area contributed by atoms with Crippen LogP contribution in [0.25, 0.3) is 22.6 Å². The number of aromatic nitrogens is 1. The molecule has 0 saturated heterocycles. The Kier molecular flexibility index (Phi) is 2.20. The third kappa shape index (κ3) is 1.58. The number of thiophene rings is 1. The van der Waals surface area contributed by atoms with Gasteiger partial charge in [0.15, 0.2) is 5.58 Å². The summed E-state index contributed by atoms with van der Waals surface area (Å²) in [5.41, 5.74) is 9.38. The van der Waals surface area contributed by atoms with Crippen LogP contribution in [-0.2, 0) is 12.8 Å². The Morgan fingerprint density at radius 3 is 3.11 bits per heavy atom. The summed E-state index contributed by atoms with van der Waals surface area (Å²) in [6, 6.07) is 4.35. The Hall–Kier alpha value is -1.88. The van der Waals surface area contributed by atoms with E-state index in [1.807, 2.05) is 0 Å². The van der Waals surface area contributed by atoms with Crippen molar-refractivity contribution in [2.75, 3.05) is 5.73 Å². The van der Waals surface area contributed by atoms with Gasteiger partial charge in [-0.15, -0.1) is 11.3 Å². The van der Waals surface area contributed by atoms with Gasteiger partial charge in [-0.25, -0.2) is 9.37 Å². The smallest absolute Gasteiger partial charge is 0.230 e. The number of oxazole rings is 1.